The highest BCUT2D eigenvalue weighted by atomic mass is 79.9. The molecule has 0 aliphatic carbocycles. The summed E-state index contributed by atoms with van der Waals surface area (Å²) in [5.41, 5.74) is 2.01. The van der Waals surface area contributed by atoms with Crippen LogP contribution in [0.3, 0.4) is 0 Å². The summed E-state index contributed by atoms with van der Waals surface area (Å²) in [6.07, 6.45) is 5.12. The molecule has 5 nitrogen and oxygen atoms in total. The van der Waals surface area contributed by atoms with Gasteiger partial charge in [-0.15, -0.1) is 11.3 Å². The number of aromatic nitrogens is 3. The molecule has 0 aliphatic rings. The lowest BCUT2D eigenvalue weighted by Crippen LogP contribution is -2.22. The average molecular weight is 377 g/mol. The van der Waals surface area contributed by atoms with Crippen molar-refractivity contribution in [2.75, 3.05) is 0 Å². The first kappa shape index (κ1) is 14.9. The standard InChI is InChI=1S/C15H13BrN4OS/c1-20-9-11(14(19-20)10-3-2-5-17-7-10)15(21)18-8-13-12(16)4-6-22-13/h2-7,9H,8H2,1H3,(H,18,21). The van der Waals surface area contributed by atoms with Crippen LogP contribution in [0.1, 0.15) is 15.2 Å². The number of carbonyl (C=O) groups is 1. The first-order valence-corrected chi connectivity index (χ1v) is 8.26. The zero-order valence-electron chi connectivity index (χ0n) is 11.8. The predicted octanol–water partition coefficient (Wildman–Crippen LogP) is 3.24. The summed E-state index contributed by atoms with van der Waals surface area (Å²) in [4.78, 5) is 17.6. The van der Waals surface area contributed by atoms with Crippen LogP contribution >= 0.6 is 27.3 Å². The summed E-state index contributed by atoms with van der Waals surface area (Å²) >= 11 is 5.06. The molecule has 0 spiro atoms. The van der Waals surface area contributed by atoms with Gasteiger partial charge in [0.05, 0.1) is 12.1 Å². The molecule has 0 fully saturated rings. The van der Waals surface area contributed by atoms with Gasteiger partial charge in [-0.25, -0.2) is 0 Å². The fourth-order valence-electron chi connectivity index (χ4n) is 2.08. The Kier molecular flexibility index (Phi) is 4.35. The second-order valence-corrected chi connectivity index (χ2v) is 6.54. The molecule has 0 aromatic carbocycles. The molecule has 7 heteroatoms. The monoisotopic (exact) mass is 376 g/mol. The summed E-state index contributed by atoms with van der Waals surface area (Å²) in [6.45, 7) is 0.485. The molecule has 112 valence electrons. The highest BCUT2D eigenvalue weighted by Crippen LogP contribution is 2.23. The Labute approximate surface area is 140 Å². The van der Waals surface area contributed by atoms with Crippen LogP contribution < -0.4 is 5.32 Å². The molecule has 0 aliphatic heterocycles. The fraction of sp³-hybridized carbons (Fsp3) is 0.133. The van der Waals surface area contributed by atoms with Crippen LogP contribution in [0.15, 0.2) is 46.6 Å². The molecule has 0 unspecified atom stereocenters. The third kappa shape index (κ3) is 3.10. The Morgan fingerprint density at radius 1 is 1.45 bits per heavy atom. The van der Waals surface area contributed by atoms with Gasteiger partial charge in [0.25, 0.3) is 5.91 Å². The number of hydrogen-bond donors (Lipinski definition) is 1. The van der Waals surface area contributed by atoms with Gasteiger partial charge in [0.1, 0.15) is 5.69 Å². The topological polar surface area (TPSA) is 59.8 Å². The van der Waals surface area contributed by atoms with E-state index in [0.717, 1.165) is 14.9 Å². The van der Waals surface area contributed by atoms with Crippen LogP contribution in [0.5, 0.6) is 0 Å². The van der Waals surface area contributed by atoms with Gasteiger partial charge >= 0.3 is 0 Å². The molecule has 1 amide bonds. The van der Waals surface area contributed by atoms with E-state index in [1.165, 1.54) is 0 Å². The minimum Gasteiger partial charge on any atom is -0.347 e. The largest absolute Gasteiger partial charge is 0.347 e. The quantitative estimate of drug-likeness (QED) is 0.760. The van der Waals surface area contributed by atoms with Gasteiger partial charge in [0.2, 0.25) is 0 Å². The van der Waals surface area contributed by atoms with E-state index >= 15 is 0 Å². The molecule has 0 bridgehead atoms. The van der Waals surface area contributed by atoms with E-state index in [1.807, 2.05) is 23.6 Å². The summed E-state index contributed by atoms with van der Waals surface area (Å²) < 4.78 is 2.65. The van der Waals surface area contributed by atoms with Crippen LogP contribution in [0.4, 0.5) is 0 Å². The van der Waals surface area contributed by atoms with Crippen molar-refractivity contribution in [1.29, 1.82) is 0 Å². The van der Waals surface area contributed by atoms with Gasteiger partial charge in [-0.3, -0.25) is 14.5 Å². The zero-order chi connectivity index (χ0) is 15.5. The second-order valence-electron chi connectivity index (χ2n) is 4.68. The van der Waals surface area contributed by atoms with Crippen molar-refractivity contribution in [2.45, 2.75) is 6.54 Å². The van der Waals surface area contributed by atoms with Gasteiger partial charge in [-0.05, 0) is 39.5 Å². The molecule has 3 rings (SSSR count). The Morgan fingerprint density at radius 3 is 3.00 bits per heavy atom. The number of carbonyl (C=O) groups excluding carboxylic acids is 1. The first-order valence-electron chi connectivity index (χ1n) is 6.59. The van der Waals surface area contributed by atoms with Crippen molar-refractivity contribution in [1.82, 2.24) is 20.1 Å². The number of hydrogen-bond acceptors (Lipinski definition) is 4. The minimum atomic E-state index is -0.146. The van der Waals surface area contributed by atoms with E-state index in [0.29, 0.717) is 17.8 Å². The number of halogens is 1. The number of nitrogens with one attached hydrogen (secondary N) is 1. The number of pyridine rings is 1. The molecule has 1 N–H and O–H groups in total. The minimum absolute atomic E-state index is 0.146. The highest BCUT2D eigenvalue weighted by molar-refractivity contribution is 9.10. The average Bonchev–Trinajstić information content (AvgIpc) is 3.11. The maximum absolute atomic E-state index is 12.5. The Balaban J connectivity index is 1.82. The van der Waals surface area contributed by atoms with Crippen LogP contribution in [-0.2, 0) is 13.6 Å². The summed E-state index contributed by atoms with van der Waals surface area (Å²) in [6, 6.07) is 5.69. The van der Waals surface area contributed by atoms with E-state index in [4.69, 9.17) is 0 Å². The van der Waals surface area contributed by atoms with E-state index in [-0.39, 0.29) is 5.91 Å². The van der Waals surface area contributed by atoms with E-state index in [2.05, 4.69) is 31.3 Å². The summed E-state index contributed by atoms with van der Waals surface area (Å²) in [5, 5.41) is 9.29. The number of rotatable bonds is 4. The molecule has 3 heterocycles. The maximum atomic E-state index is 12.5. The second kappa shape index (κ2) is 6.41. The Morgan fingerprint density at radius 2 is 2.32 bits per heavy atom. The van der Waals surface area contributed by atoms with Crippen molar-refractivity contribution >= 4 is 33.2 Å². The van der Waals surface area contributed by atoms with Gasteiger partial charge in [0, 0.05) is 40.6 Å². The molecule has 0 saturated carbocycles. The highest BCUT2D eigenvalue weighted by Gasteiger charge is 2.17. The number of nitrogens with zero attached hydrogens (tertiary/aromatic N) is 3. The van der Waals surface area contributed by atoms with Crippen molar-refractivity contribution in [3.05, 3.63) is 57.1 Å². The van der Waals surface area contributed by atoms with Crippen LogP contribution in [-0.4, -0.2) is 20.7 Å². The van der Waals surface area contributed by atoms with Gasteiger partial charge in [-0.2, -0.15) is 5.10 Å². The lowest BCUT2D eigenvalue weighted by molar-refractivity contribution is 0.0952. The van der Waals surface area contributed by atoms with Crippen molar-refractivity contribution in [2.24, 2.45) is 7.05 Å². The lowest BCUT2D eigenvalue weighted by Gasteiger charge is -2.04. The van der Waals surface area contributed by atoms with Crippen molar-refractivity contribution < 1.29 is 4.79 Å². The van der Waals surface area contributed by atoms with Gasteiger partial charge in [0.15, 0.2) is 0 Å². The zero-order valence-corrected chi connectivity index (χ0v) is 14.2. The van der Waals surface area contributed by atoms with E-state index in [9.17, 15) is 4.79 Å². The Bertz CT molecular complexity index is 797. The molecule has 3 aromatic heterocycles. The van der Waals surface area contributed by atoms with Crippen LogP contribution in [0.2, 0.25) is 0 Å². The van der Waals surface area contributed by atoms with Gasteiger partial charge in [-0.1, -0.05) is 0 Å². The molecule has 0 saturated heterocycles. The lowest BCUT2D eigenvalue weighted by atomic mass is 10.1. The number of thiophene rings is 1. The number of aryl methyl sites for hydroxylation is 1. The fourth-order valence-corrected chi connectivity index (χ4v) is 3.51. The SMILES string of the molecule is Cn1cc(C(=O)NCc2sccc2Br)c(-c2cccnc2)n1. The third-order valence-electron chi connectivity index (χ3n) is 3.11. The molecular formula is C15H13BrN4OS. The van der Waals surface area contributed by atoms with E-state index < -0.39 is 0 Å². The molecular weight excluding hydrogens is 364 g/mol. The van der Waals surface area contributed by atoms with Crippen LogP contribution in [0.25, 0.3) is 11.3 Å². The normalized spacial score (nSPS) is 10.6. The Hall–Kier alpha value is -1.99. The molecule has 3 aromatic rings. The third-order valence-corrected chi connectivity index (χ3v) is 5.04. The van der Waals surface area contributed by atoms with Crippen molar-refractivity contribution in [3.8, 4) is 11.3 Å². The smallest absolute Gasteiger partial charge is 0.255 e. The summed E-state index contributed by atoms with van der Waals surface area (Å²) in [7, 11) is 1.80. The molecule has 22 heavy (non-hydrogen) atoms. The summed E-state index contributed by atoms with van der Waals surface area (Å²) in [5.74, 6) is -0.146. The van der Waals surface area contributed by atoms with Crippen molar-refractivity contribution in [3.63, 3.8) is 0 Å². The number of amides is 1. The molecule has 0 atom stereocenters. The van der Waals surface area contributed by atoms with E-state index in [1.54, 1.807) is 41.7 Å². The first-order chi connectivity index (χ1) is 10.6. The predicted molar refractivity (Wildman–Crippen MR) is 89.6 cm³/mol. The van der Waals surface area contributed by atoms with Gasteiger partial charge < -0.3 is 5.32 Å². The van der Waals surface area contributed by atoms with Crippen LogP contribution in [0, 0.1) is 0 Å². The maximum Gasteiger partial charge on any atom is 0.255 e. The molecule has 0 radical (unpaired) electrons.